The Morgan fingerprint density at radius 2 is 1.89 bits per heavy atom. The molecule has 0 radical (unpaired) electrons. The van der Waals surface area contributed by atoms with Crippen LogP contribution in [-0.2, 0) is 4.79 Å². The van der Waals surface area contributed by atoms with E-state index in [1.165, 1.54) is 0 Å². The number of nitrogens with one attached hydrogen (secondary N) is 1. The minimum atomic E-state index is -0.453. The molecule has 0 saturated carbocycles. The lowest BCUT2D eigenvalue weighted by Crippen LogP contribution is -2.46. The molecule has 2 N–H and O–H groups in total. The van der Waals surface area contributed by atoms with Crippen molar-refractivity contribution in [3.8, 4) is 6.07 Å². The molecule has 5 nitrogen and oxygen atoms in total. The molecule has 2 aromatic rings. The summed E-state index contributed by atoms with van der Waals surface area (Å²) in [5.74, 6) is 0.137. The van der Waals surface area contributed by atoms with Gasteiger partial charge in [-0.25, -0.2) is 0 Å². The number of rotatable bonds is 5. The zero-order valence-corrected chi connectivity index (χ0v) is 15.5. The van der Waals surface area contributed by atoms with E-state index < -0.39 is 6.10 Å². The summed E-state index contributed by atoms with van der Waals surface area (Å²) in [7, 11) is 0. The minimum Gasteiger partial charge on any atom is -0.388 e. The average molecular weight is 363 g/mol. The van der Waals surface area contributed by atoms with Gasteiger partial charge < -0.3 is 10.4 Å². The maximum atomic E-state index is 12.6. The highest BCUT2D eigenvalue weighted by atomic mass is 16.3. The molecular weight excluding hydrogens is 338 g/mol. The van der Waals surface area contributed by atoms with Crippen molar-refractivity contribution in [3.05, 3.63) is 65.7 Å². The standard InChI is InChI=1S/C22H25N3O2/c1-16(22(27)24-20-9-5-6-17(14-20)15-23)25-12-10-19(11-13-25)21(26)18-7-3-2-4-8-18/h2-9,14,16,19,21,26H,10-13H2,1H3,(H,24,27)/t16-,21-/m0/s1. The molecule has 1 aliphatic rings. The lowest BCUT2D eigenvalue weighted by Gasteiger charge is -2.37. The van der Waals surface area contributed by atoms with Crippen LogP contribution in [0.3, 0.4) is 0 Å². The third-order valence-electron chi connectivity index (χ3n) is 5.35. The Labute approximate surface area is 160 Å². The number of amides is 1. The quantitative estimate of drug-likeness (QED) is 0.854. The van der Waals surface area contributed by atoms with Crippen LogP contribution in [0, 0.1) is 17.2 Å². The molecule has 0 unspecified atom stereocenters. The predicted molar refractivity (Wildman–Crippen MR) is 105 cm³/mol. The maximum Gasteiger partial charge on any atom is 0.241 e. The van der Waals surface area contributed by atoms with E-state index in [0.717, 1.165) is 31.5 Å². The van der Waals surface area contributed by atoms with E-state index in [0.29, 0.717) is 11.3 Å². The number of carbonyl (C=O) groups is 1. The number of anilines is 1. The second-order valence-electron chi connectivity index (χ2n) is 7.09. The molecule has 1 saturated heterocycles. The van der Waals surface area contributed by atoms with Crippen LogP contribution in [0.15, 0.2) is 54.6 Å². The number of carbonyl (C=O) groups excluding carboxylic acids is 1. The Bertz CT molecular complexity index is 808. The van der Waals surface area contributed by atoms with Gasteiger partial charge in [-0.2, -0.15) is 5.26 Å². The monoisotopic (exact) mass is 363 g/mol. The first kappa shape index (κ1) is 19.1. The van der Waals surface area contributed by atoms with Crippen molar-refractivity contribution in [2.75, 3.05) is 18.4 Å². The number of piperidine rings is 1. The Morgan fingerprint density at radius 1 is 1.19 bits per heavy atom. The highest BCUT2D eigenvalue weighted by molar-refractivity contribution is 5.94. The molecule has 1 amide bonds. The van der Waals surface area contributed by atoms with E-state index in [1.54, 1.807) is 24.3 Å². The second kappa shape index (κ2) is 8.81. The van der Waals surface area contributed by atoms with Gasteiger partial charge in [0.05, 0.1) is 23.8 Å². The van der Waals surface area contributed by atoms with Crippen molar-refractivity contribution in [1.29, 1.82) is 5.26 Å². The first-order valence-corrected chi connectivity index (χ1v) is 9.36. The molecule has 2 aromatic carbocycles. The highest BCUT2D eigenvalue weighted by Gasteiger charge is 2.30. The Kier molecular flexibility index (Phi) is 6.23. The number of likely N-dealkylation sites (tertiary alicyclic amines) is 1. The summed E-state index contributed by atoms with van der Waals surface area (Å²) in [5, 5.41) is 22.5. The molecule has 2 atom stereocenters. The van der Waals surface area contributed by atoms with Gasteiger partial charge >= 0.3 is 0 Å². The van der Waals surface area contributed by atoms with Crippen molar-refractivity contribution in [3.63, 3.8) is 0 Å². The molecule has 140 valence electrons. The Balaban J connectivity index is 1.54. The zero-order valence-electron chi connectivity index (χ0n) is 15.5. The number of nitrogens with zero attached hydrogens (tertiary/aromatic N) is 2. The molecule has 1 heterocycles. The van der Waals surface area contributed by atoms with E-state index in [9.17, 15) is 9.90 Å². The molecule has 0 aromatic heterocycles. The van der Waals surface area contributed by atoms with E-state index in [2.05, 4.69) is 16.3 Å². The highest BCUT2D eigenvalue weighted by Crippen LogP contribution is 2.31. The van der Waals surface area contributed by atoms with Crippen LogP contribution >= 0.6 is 0 Å². The van der Waals surface area contributed by atoms with Crippen LogP contribution in [-0.4, -0.2) is 35.0 Å². The van der Waals surface area contributed by atoms with Gasteiger partial charge in [0.2, 0.25) is 5.91 Å². The van der Waals surface area contributed by atoms with E-state index >= 15 is 0 Å². The third kappa shape index (κ3) is 4.73. The fourth-order valence-electron chi connectivity index (χ4n) is 3.62. The molecule has 1 fully saturated rings. The lowest BCUT2D eigenvalue weighted by molar-refractivity contribution is -0.121. The predicted octanol–water partition coefficient (Wildman–Crippen LogP) is 3.33. The molecule has 27 heavy (non-hydrogen) atoms. The third-order valence-corrected chi connectivity index (χ3v) is 5.35. The summed E-state index contributed by atoms with van der Waals surface area (Å²) >= 11 is 0. The first-order valence-electron chi connectivity index (χ1n) is 9.36. The average Bonchev–Trinajstić information content (AvgIpc) is 2.73. The van der Waals surface area contributed by atoms with E-state index in [1.807, 2.05) is 37.3 Å². The zero-order chi connectivity index (χ0) is 19.2. The molecule has 0 spiro atoms. The van der Waals surface area contributed by atoms with Gasteiger partial charge in [0, 0.05) is 5.69 Å². The van der Waals surface area contributed by atoms with Crippen molar-refractivity contribution in [2.45, 2.75) is 31.9 Å². The number of benzene rings is 2. The van der Waals surface area contributed by atoms with Crippen LogP contribution in [0.1, 0.15) is 37.0 Å². The number of nitriles is 1. The topological polar surface area (TPSA) is 76.4 Å². The van der Waals surface area contributed by atoms with Gasteiger partial charge in [-0.05, 0) is 62.5 Å². The summed E-state index contributed by atoms with van der Waals surface area (Å²) in [6.07, 6.45) is 1.26. The van der Waals surface area contributed by atoms with Crippen molar-refractivity contribution in [2.24, 2.45) is 5.92 Å². The van der Waals surface area contributed by atoms with E-state index in [4.69, 9.17) is 5.26 Å². The van der Waals surface area contributed by atoms with E-state index in [-0.39, 0.29) is 17.9 Å². The SMILES string of the molecule is C[C@@H](C(=O)Nc1cccc(C#N)c1)N1CCC([C@@H](O)c2ccccc2)CC1. The van der Waals surface area contributed by atoms with Gasteiger partial charge in [0.1, 0.15) is 0 Å². The summed E-state index contributed by atoms with van der Waals surface area (Å²) in [6, 6.07) is 18.5. The normalized spacial score (nSPS) is 17.7. The molecule has 3 rings (SSSR count). The van der Waals surface area contributed by atoms with Crippen LogP contribution in [0.2, 0.25) is 0 Å². The van der Waals surface area contributed by atoms with Gasteiger partial charge in [0.25, 0.3) is 0 Å². The van der Waals surface area contributed by atoms with Crippen LogP contribution in [0.5, 0.6) is 0 Å². The smallest absolute Gasteiger partial charge is 0.241 e. The van der Waals surface area contributed by atoms with Crippen LogP contribution in [0.4, 0.5) is 5.69 Å². The summed E-state index contributed by atoms with van der Waals surface area (Å²) in [4.78, 5) is 14.7. The summed E-state index contributed by atoms with van der Waals surface area (Å²) < 4.78 is 0. The molecule has 0 aliphatic carbocycles. The van der Waals surface area contributed by atoms with Gasteiger partial charge in [-0.3, -0.25) is 9.69 Å². The Hall–Kier alpha value is -2.68. The number of hydrogen-bond donors (Lipinski definition) is 2. The second-order valence-corrected chi connectivity index (χ2v) is 7.09. The van der Waals surface area contributed by atoms with Crippen molar-refractivity contribution >= 4 is 11.6 Å². The fourth-order valence-corrected chi connectivity index (χ4v) is 3.62. The van der Waals surface area contributed by atoms with Gasteiger partial charge in [-0.1, -0.05) is 36.4 Å². The maximum absolute atomic E-state index is 12.6. The van der Waals surface area contributed by atoms with Crippen LogP contribution < -0.4 is 5.32 Å². The number of aliphatic hydroxyl groups excluding tert-OH is 1. The van der Waals surface area contributed by atoms with Gasteiger partial charge in [0.15, 0.2) is 0 Å². The largest absolute Gasteiger partial charge is 0.388 e. The Morgan fingerprint density at radius 3 is 2.56 bits per heavy atom. The summed E-state index contributed by atoms with van der Waals surface area (Å²) in [6.45, 7) is 3.46. The molecule has 0 bridgehead atoms. The van der Waals surface area contributed by atoms with Crippen molar-refractivity contribution < 1.29 is 9.90 Å². The van der Waals surface area contributed by atoms with Crippen LogP contribution in [0.25, 0.3) is 0 Å². The van der Waals surface area contributed by atoms with Gasteiger partial charge in [-0.15, -0.1) is 0 Å². The molecular formula is C22H25N3O2. The number of aliphatic hydroxyl groups is 1. The molecule has 5 heteroatoms. The van der Waals surface area contributed by atoms with Crippen molar-refractivity contribution in [1.82, 2.24) is 4.90 Å². The minimum absolute atomic E-state index is 0.0767. The first-order chi connectivity index (χ1) is 13.1. The number of hydrogen-bond acceptors (Lipinski definition) is 4. The molecule has 1 aliphatic heterocycles. The fraction of sp³-hybridized carbons (Fsp3) is 0.364. The lowest BCUT2D eigenvalue weighted by atomic mass is 9.87. The summed E-state index contributed by atoms with van der Waals surface area (Å²) in [5.41, 5.74) is 2.12.